The second-order valence-corrected chi connectivity index (χ2v) is 5.45. The molecule has 2 aromatic rings. The Bertz CT molecular complexity index is 572. The molecule has 2 N–H and O–H groups in total. The van der Waals surface area contributed by atoms with Crippen molar-refractivity contribution in [2.75, 3.05) is 17.7 Å². The van der Waals surface area contributed by atoms with Gasteiger partial charge in [0.1, 0.15) is 17.5 Å². The van der Waals surface area contributed by atoms with Gasteiger partial charge in [-0.2, -0.15) is 0 Å². The third-order valence-electron chi connectivity index (χ3n) is 2.29. The quantitative estimate of drug-likeness (QED) is 0.852. The Labute approximate surface area is 122 Å². The number of rotatable bonds is 3. The van der Waals surface area contributed by atoms with Crippen LogP contribution in [0.5, 0.6) is 0 Å². The first-order chi connectivity index (χ1) is 8.58. The van der Waals surface area contributed by atoms with E-state index in [1.165, 1.54) is 0 Å². The molecule has 1 aromatic heterocycles. The van der Waals surface area contributed by atoms with Crippen LogP contribution in [0.2, 0.25) is 0 Å². The lowest BCUT2D eigenvalue weighted by atomic mass is 10.3. The van der Waals surface area contributed by atoms with Gasteiger partial charge in [-0.05, 0) is 41.1 Å². The van der Waals surface area contributed by atoms with Crippen molar-refractivity contribution in [3.8, 4) is 0 Å². The molecule has 4 nitrogen and oxygen atoms in total. The van der Waals surface area contributed by atoms with Gasteiger partial charge in [0, 0.05) is 22.1 Å². The maximum atomic E-state index is 4.35. The third-order valence-corrected chi connectivity index (χ3v) is 3.47. The molecule has 0 aliphatic heterocycles. The molecule has 94 valence electrons. The van der Waals surface area contributed by atoms with E-state index in [1.54, 1.807) is 0 Å². The average molecular weight is 372 g/mol. The van der Waals surface area contributed by atoms with Gasteiger partial charge in [-0.3, -0.25) is 0 Å². The van der Waals surface area contributed by atoms with Gasteiger partial charge in [-0.25, -0.2) is 9.97 Å². The zero-order valence-corrected chi connectivity index (χ0v) is 13.1. The number of aromatic nitrogens is 2. The van der Waals surface area contributed by atoms with E-state index in [4.69, 9.17) is 0 Å². The molecule has 0 aliphatic rings. The van der Waals surface area contributed by atoms with E-state index in [2.05, 4.69) is 52.5 Å². The van der Waals surface area contributed by atoms with E-state index in [0.29, 0.717) is 0 Å². The molecule has 0 aliphatic carbocycles. The Morgan fingerprint density at radius 2 is 1.78 bits per heavy atom. The van der Waals surface area contributed by atoms with Crippen molar-refractivity contribution >= 4 is 49.2 Å². The molecular weight excluding hydrogens is 360 g/mol. The summed E-state index contributed by atoms with van der Waals surface area (Å²) in [5.41, 5.74) is 0.949. The van der Waals surface area contributed by atoms with Gasteiger partial charge in [0.15, 0.2) is 0 Å². The normalized spacial score (nSPS) is 10.2. The lowest BCUT2D eigenvalue weighted by Gasteiger charge is -2.10. The minimum absolute atomic E-state index is 0.718. The van der Waals surface area contributed by atoms with Crippen LogP contribution in [0.25, 0.3) is 0 Å². The van der Waals surface area contributed by atoms with Crippen LogP contribution >= 0.6 is 31.9 Å². The molecule has 6 heteroatoms. The Kier molecular flexibility index (Phi) is 4.19. The van der Waals surface area contributed by atoms with Gasteiger partial charge in [0.05, 0.1) is 5.69 Å². The standard InChI is InChI=1S/C12H12Br2N4/c1-7-16-11(15-2)6-12(17-7)18-10-5-8(13)3-4-9(10)14/h3-6H,1-2H3,(H2,15,16,17,18). The first-order valence-electron chi connectivity index (χ1n) is 5.34. The van der Waals surface area contributed by atoms with Crippen molar-refractivity contribution < 1.29 is 0 Å². The van der Waals surface area contributed by atoms with Gasteiger partial charge in [-0.15, -0.1) is 0 Å². The van der Waals surface area contributed by atoms with Crippen LogP contribution in [0, 0.1) is 6.92 Å². The van der Waals surface area contributed by atoms with E-state index in [-0.39, 0.29) is 0 Å². The Hall–Kier alpha value is -1.14. The monoisotopic (exact) mass is 370 g/mol. The summed E-state index contributed by atoms with van der Waals surface area (Å²) in [4.78, 5) is 8.60. The van der Waals surface area contributed by atoms with E-state index < -0.39 is 0 Å². The number of hydrogen-bond acceptors (Lipinski definition) is 4. The van der Waals surface area contributed by atoms with Gasteiger partial charge < -0.3 is 10.6 Å². The second-order valence-electron chi connectivity index (χ2n) is 3.68. The Balaban J connectivity index is 2.33. The molecule has 0 atom stereocenters. The molecule has 2 rings (SSSR count). The van der Waals surface area contributed by atoms with E-state index in [0.717, 1.165) is 32.1 Å². The first kappa shape index (κ1) is 13.3. The van der Waals surface area contributed by atoms with Crippen molar-refractivity contribution in [3.63, 3.8) is 0 Å². The maximum Gasteiger partial charge on any atom is 0.136 e. The third kappa shape index (κ3) is 3.20. The number of benzene rings is 1. The first-order valence-corrected chi connectivity index (χ1v) is 6.92. The molecule has 0 unspecified atom stereocenters. The van der Waals surface area contributed by atoms with Crippen LogP contribution in [-0.2, 0) is 0 Å². The van der Waals surface area contributed by atoms with Crippen LogP contribution in [0.1, 0.15) is 5.82 Å². The summed E-state index contributed by atoms with van der Waals surface area (Å²) in [7, 11) is 1.83. The SMILES string of the molecule is CNc1cc(Nc2cc(Br)ccc2Br)nc(C)n1. The van der Waals surface area contributed by atoms with Crippen molar-refractivity contribution in [1.82, 2.24) is 9.97 Å². The smallest absolute Gasteiger partial charge is 0.136 e. The van der Waals surface area contributed by atoms with Crippen LogP contribution in [0.3, 0.4) is 0 Å². The lowest BCUT2D eigenvalue weighted by Crippen LogP contribution is -2.01. The fourth-order valence-corrected chi connectivity index (χ4v) is 2.20. The maximum absolute atomic E-state index is 4.35. The Morgan fingerprint density at radius 1 is 1.06 bits per heavy atom. The molecule has 1 heterocycles. The Morgan fingerprint density at radius 3 is 2.50 bits per heavy atom. The molecule has 0 spiro atoms. The minimum atomic E-state index is 0.718. The predicted octanol–water partition coefficient (Wildman–Crippen LogP) is 4.10. The van der Waals surface area contributed by atoms with Gasteiger partial charge in [0.25, 0.3) is 0 Å². The average Bonchev–Trinajstić information content (AvgIpc) is 2.33. The molecule has 0 fully saturated rings. The molecule has 1 aromatic carbocycles. The van der Waals surface area contributed by atoms with Crippen LogP contribution in [0.4, 0.5) is 17.3 Å². The summed E-state index contributed by atoms with van der Waals surface area (Å²) >= 11 is 6.95. The van der Waals surface area contributed by atoms with Crippen LogP contribution in [0.15, 0.2) is 33.2 Å². The minimum Gasteiger partial charge on any atom is -0.373 e. The zero-order valence-electron chi connectivity index (χ0n) is 9.96. The number of nitrogens with one attached hydrogen (secondary N) is 2. The lowest BCUT2D eigenvalue weighted by molar-refractivity contribution is 1.05. The highest BCUT2D eigenvalue weighted by Gasteiger charge is 2.04. The molecule has 0 saturated carbocycles. The largest absolute Gasteiger partial charge is 0.373 e. The highest BCUT2D eigenvalue weighted by atomic mass is 79.9. The predicted molar refractivity (Wildman–Crippen MR) is 81.4 cm³/mol. The number of nitrogens with zero attached hydrogens (tertiary/aromatic N) is 2. The highest BCUT2D eigenvalue weighted by molar-refractivity contribution is 9.11. The van der Waals surface area contributed by atoms with Crippen LogP contribution < -0.4 is 10.6 Å². The fraction of sp³-hybridized carbons (Fsp3) is 0.167. The van der Waals surface area contributed by atoms with Gasteiger partial charge in [0.2, 0.25) is 0 Å². The van der Waals surface area contributed by atoms with Crippen LogP contribution in [-0.4, -0.2) is 17.0 Å². The number of hydrogen-bond donors (Lipinski definition) is 2. The van der Waals surface area contributed by atoms with E-state index >= 15 is 0 Å². The molecule has 0 bridgehead atoms. The number of halogens is 2. The summed E-state index contributed by atoms with van der Waals surface area (Å²) in [6.45, 7) is 1.86. The molecule has 18 heavy (non-hydrogen) atoms. The van der Waals surface area contributed by atoms with Crippen molar-refractivity contribution in [3.05, 3.63) is 39.0 Å². The van der Waals surface area contributed by atoms with Crippen molar-refractivity contribution in [2.24, 2.45) is 0 Å². The topological polar surface area (TPSA) is 49.8 Å². The summed E-state index contributed by atoms with van der Waals surface area (Å²) in [5, 5.41) is 6.27. The molecule has 0 radical (unpaired) electrons. The summed E-state index contributed by atoms with van der Waals surface area (Å²) in [6.07, 6.45) is 0. The van der Waals surface area contributed by atoms with Gasteiger partial charge in [-0.1, -0.05) is 15.9 Å². The fourth-order valence-electron chi connectivity index (χ4n) is 1.49. The van der Waals surface area contributed by atoms with E-state index in [1.807, 2.05) is 38.2 Å². The molecular formula is C12H12Br2N4. The molecule has 0 amide bonds. The van der Waals surface area contributed by atoms with E-state index in [9.17, 15) is 0 Å². The highest BCUT2D eigenvalue weighted by Crippen LogP contribution is 2.28. The van der Waals surface area contributed by atoms with Crippen molar-refractivity contribution in [1.29, 1.82) is 0 Å². The zero-order chi connectivity index (χ0) is 13.1. The second kappa shape index (κ2) is 5.67. The number of aryl methyl sites for hydroxylation is 1. The molecule has 0 saturated heterocycles. The number of anilines is 3. The van der Waals surface area contributed by atoms with Gasteiger partial charge >= 0.3 is 0 Å². The summed E-state index contributed by atoms with van der Waals surface area (Å²) in [6, 6.07) is 7.79. The summed E-state index contributed by atoms with van der Waals surface area (Å²) < 4.78 is 1.99. The summed E-state index contributed by atoms with van der Waals surface area (Å²) in [5.74, 6) is 2.26. The van der Waals surface area contributed by atoms with Crippen molar-refractivity contribution in [2.45, 2.75) is 6.92 Å².